The summed E-state index contributed by atoms with van der Waals surface area (Å²) < 4.78 is 6.63. The van der Waals surface area contributed by atoms with Crippen LogP contribution >= 0.6 is 0 Å². The predicted octanol–water partition coefficient (Wildman–Crippen LogP) is 3.29. The maximum atomic E-state index is 6.63. The Morgan fingerprint density at radius 3 is 2.73 bits per heavy atom. The number of rotatable bonds is 2. The molecule has 0 saturated carbocycles. The normalized spacial score (nSPS) is 27.6. The van der Waals surface area contributed by atoms with Gasteiger partial charge in [0.25, 0.3) is 0 Å². The minimum atomic E-state index is 0.0673. The van der Waals surface area contributed by atoms with E-state index in [0.717, 1.165) is 32.4 Å². The van der Waals surface area contributed by atoms with Gasteiger partial charge in [0.1, 0.15) is 11.4 Å². The van der Waals surface area contributed by atoms with Gasteiger partial charge in [0.2, 0.25) is 0 Å². The number of nitrogens with one attached hydrogen (secondary N) is 1. The van der Waals surface area contributed by atoms with Crippen molar-refractivity contribution >= 4 is 0 Å². The van der Waals surface area contributed by atoms with Gasteiger partial charge in [0, 0.05) is 18.0 Å². The van der Waals surface area contributed by atoms with Crippen molar-refractivity contribution in [1.29, 1.82) is 0 Å². The molecule has 1 atom stereocenters. The highest BCUT2D eigenvalue weighted by Crippen LogP contribution is 2.47. The average molecular weight is 300 g/mol. The van der Waals surface area contributed by atoms with Crippen LogP contribution in [0.5, 0.6) is 5.75 Å². The number of aryl methyl sites for hydroxylation is 1. The summed E-state index contributed by atoms with van der Waals surface area (Å²) in [5.74, 6) is 1.17. The molecule has 2 fully saturated rings. The van der Waals surface area contributed by atoms with E-state index in [4.69, 9.17) is 4.74 Å². The number of hydrogen-bond acceptors (Lipinski definition) is 3. The molecule has 0 radical (unpaired) electrons. The van der Waals surface area contributed by atoms with E-state index < -0.39 is 0 Å². The third kappa shape index (κ3) is 2.55. The number of nitrogens with zero attached hydrogens (tertiary/aromatic N) is 1. The Kier molecular flexibility index (Phi) is 3.87. The molecule has 120 valence electrons. The molecule has 3 heterocycles. The fourth-order valence-electron chi connectivity index (χ4n) is 4.47. The van der Waals surface area contributed by atoms with Crippen LogP contribution in [0, 0.1) is 0 Å². The lowest BCUT2D eigenvalue weighted by Gasteiger charge is -2.47. The third-order valence-electron chi connectivity index (χ3n) is 5.83. The van der Waals surface area contributed by atoms with Gasteiger partial charge >= 0.3 is 0 Å². The highest BCUT2D eigenvalue weighted by molar-refractivity contribution is 5.42. The van der Waals surface area contributed by atoms with E-state index in [9.17, 15) is 0 Å². The van der Waals surface area contributed by atoms with Crippen LogP contribution in [0.1, 0.15) is 56.2 Å². The SMILES string of the molecule is CCc1ccc2c(c1)OC1(CCNCC1)CC2N1CCCC1. The van der Waals surface area contributed by atoms with Crippen molar-refractivity contribution in [1.82, 2.24) is 10.2 Å². The Bertz CT molecular complexity index is 530. The minimum Gasteiger partial charge on any atom is -0.487 e. The zero-order valence-electron chi connectivity index (χ0n) is 13.7. The quantitative estimate of drug-likeness (QED) is 0.907. The van der Waals surface area contributed by atoms with Crippen LogP contribution < -0.4 is 10.1 Å². The first-order valence-corrected chi connectivity index (χ1v) is 9.06. The molecule has 0 amide bonds. The maximum Gasteiger partial charge on any atom is 0.125 e. The Labute approximate surface area is 134 Å². The standard InChI is InChI=1S/C19H28N2O/c1-2-15-5-6-16-17(21-11-3-4-12-21)14-19(22-18(16)13-15)7-9-20-10-8-19/h5-6,13,17,20H,2-4,7-12,14H2,1H3. The summed E-state index contributed by atoms with van der Waals surface area (Å²) >= 11 is 0. The molecule has 3 heteroatoms. The molecular formula is C19H28N2O. The molecule has 1 aromatic rings. The zero-order chi connectivity index (χ0) is 15.0. The Hall–Kier alpha value is -1.06. The summed E-state index contributed by atoms with van der Waals surface area (Å²) in [5.41, 5.74) is 2.89. The fourth-order valence-corrected chi connectivity index (χ4v) is 4.47. The zero-order valence-corrected chi connectivity index (χ0v) is 13.7. The minimum absolute atomic E-state index is 0.0673. The van der Waals surface area contributed by atoms with Crippen LogP contribution in [0.15, 0.2) is 18.2 Å². The van der Waals surface area contributed by atoms with E-state index in [2.05, 4.69) is 35.3 Å². The molecule has 3 aliphatic rings. The molecular weight excluding hydrogens is 272 g/mol. The fraction of sp³-hybridized carbons (Fsp3) is 0.684. The molecule has 0 aliphatic carbocycles. The summed E-state index contributed by atoms with van der Waals surface area (Å²) in [4.78, 5) is 2.71. The van der Waals surface area contributed by atoms with Gasteiger partial charge in [0.15, 0.2) is 0 Å². The van der Waals surface area contributed by atoms with Crippen LogP contribution in [0.25, 0.3) is 0 Å². The Morgan fingerprint density at radius 1 is 1.23 bits per heavy atom. The number of benzene rings is 1. The van der Waals surface area contributed by atoms with Gasteiger partial charge in [0.05, 0.1) is 0 Å². The largest absolute Gasteiger partial charge is 0.487 e. The van der Waals surface area contributed by atoms with Crippen molar-refractivity contribution < 1.29 is 4.74 Å². The molecule has 0 aromatic heterocycles. The van der Waals surface area contributed by atoms with Crippen molar-refractivity contribution in [2.45, 2.75) is 57.1 Å². The lowest BCUT2D eigenvalue weighted by atomic mass is 9.80. The monoisotopic (exact) mass is 300 g/mol. The smallest absolute Gasteiger partial charge is 0.125 e. The maximum absolute atomic E-state index is 6.63. The van der Waals surface area contributed by atoms with E-state index in [1.807, 2.05) is 0 Å². The second-order valence-electron chi connectivity index (χ2n) is 7.22. The molecule has 3 nitrogen and oxygen atoms in total. The van der Waals surface area contributed by atoms with Crippen LogP contribution in [0.3, 0.4) is 0 Å². The summed E-state index contributed by atoms with van der Waals surface area (Å²) in [7, 11) is 0. The molecule has 1 aromatic carbocycles. The van der Waals surface area contributed by atoms with Gasteiger partial charge in [-0.2, -0.15) is 0 Å². The van der Waals surface area contributed by atoms with Crippen LogP contribution in [0.4, 0.5) is 0 Å². The van der Waals surface area contributed by atoms with Gasteiger partial charge in [-0.1, -0.05) is 19.1 Å². The molecule has 1 spiro atoms. The highest BCUT2D eigenvalue weighted by atomic mass is 16.5. The Morgan fingerprint density at radius 2 is 2.00 bits per heavy atom. The van der Waals surface area contributed by atoms with E-state index in [0.29, 0.717) is 6.04 Å². The van der Waals surface area contributed by atoms with Gasteiger partial charge in [-0.25, -0.2) is 0 Å². The van der Waals surface area contributed by atoms with Crippen LogP contribution in [-0.4, -0.2) is 36.7 Å². The topological polar surface area (TPSA) is 24.5 Å². The van der Waals surface area contributed by atoms with Crippen LogP contribution in [-0.2, 0) is 6.42 Å². The average Bonchev–Trinajstić information content (AvgIpc) is 3.08. The molecule has 3 aliphatic heterocycles. The van der Waals surface area contributed by atoms with E-state index in [-0.39, 0.29) is 5.60 Å². The lowest BCUT2D eigenvalue weighted by Crippen LogP contribution is -2.51. The van der Waals surface area contributed by atoms with Crippen molar-refractivity contribution in [3.8, 4) is 5.75 Å². The van der Waals surface area contributed by atoms with Crippen molar-refractivity contribution in [3.63, 3.8) is 0 Å². The number of fused-ring (bicyclic) bond motifs is 1. The van der Waals surface area contributed by atoms with E-state index >= 15 is 0 Å². The number of piperidine rings is 1. The van der Waals surface area contributed by atoms with Gasteiger partial charge < -0.3 is 10.1 Å². The number of likely N-dealkylation sites (tertiary alicyclic amines) is 1. The predicted molar refractivity (Wildman–Crippen MR) is 89.4 cm³/mol. The van der Waals surface area contributed by atoms with Gasteiger partial charge in [-0.05, 0) is 69.9 Å². The lowest BCUT2D eigenvalue weighted by molar-refractivity contribution is -0.0160. The number of ether oxygens (including phenoxy) is 1. The van der Waals surface area contributed by atoms with Crippen molar-refractivity contribution in [3.05, 3.63) is 29.3 Å². The van der Waals surface area contributed by atoms with Gasteiger partial charge in [-0.15, -0.1) is 0 Å². The van der Waals surface area contributed by atoms with Crippen molar-refractivity contribution in [2.24, 2.45) is 0 Å². The first kappa shape index (κ1) is 14.5. The third-order valence-corrected chi connectivity index (χ3v) is 5.83. The molecule has 1 unspecified atom stereocenters. The molecule has 0 bridgehead atoms. The summed E-state index contributed by atoms with van der Waals surface area (Å²) in [6.07, 6.45) is 7.26. The molecule has 2 saturated heterocycles. The molecule has 22 heavy (non-hydrogen) atoms. The second-order valence-corrected chi connectivity index (χ2v) is 7.22. The summed E-state index contributed by atoms with van der Waals surface area (Å²) in [6.45, 7) is 6.93. The number of hydrogen-bond donors (Lipinski definition) is 1. The Balaban J connectivity index is 1.71. The molecule has 4 rings (SSSR count). The summed E-state index contributed by atoms with van der Waals surface area (Å²) in [6, 6.07) is 7.51. The van der Waals surface area contributed by atoms with Crippen LogP contribution in [0.2, 0.25) is 0 Å². The first-order chi connectivity index (χ1) is 10.8. The van der Waals surface area contributed by atoms with E-state index in [1.54, 1.807) is 0 Å². The highest BCUT2D eigenvalue weighted by Gasteiger charge is 2.43. The van der Waals surface area contributed by atoms with Crippen molar-refractivity contribution in [2.75, 3.05) is 26.2 Å². The second kappa shape index (κ2) is 5.86. The summed E-state index contributed by atoms with van der Waals surface area (Å²) in [5, 5.41) is 3.49. The van der Waals surface area contributed by atoms with Gasteiger partial charge in [-0.3, -0.25) is 4.90 Å². The molecule has 1 N–H and O–H groups in total. The van der Waals surface area contributed by atoms with E-state index in [1.165, 1.54) is 49.2 Å². The first-order valence-electron chi connectivity index (χ1n) is 9.06.